The van der Waals surface area contributed by atoms with Crippen LogP contribution in [0.5, 0.6) is 0 Å². The first-order chi connectivity index (χ1) is 6.00. The Kier molecular flexibility index (Phi) is 4.07. The first-order valence-electron chi connectivity index (χ1n) is 3.42. The minimum Gasteiger partial charge on any atom is -0.452 e. The largest absolute Gasteiger partial charge is 0.452 e. The number of nitrogens with one attached hydrogen (secondary N) is 1. The number of hydrogen-bond donors (Lipinski definition) is 1. The highest BCUT2D eigenvalue weighted by atomic mass is 16.3. The van der Waals surface area contributed by atoms with E-state index in [9.17, 15) is 0 Å². The van der Waals surface area contributed by atoms with Crippen LogP contribution in [0.1, 0.15) is 0 Å². The summed E-state index contributed by atoms with van der Waals surface area (Å²) < 4.78 is 4.47. The Morgan fingerprint density at radius 3 is 2.83 bits per heavy atom. The Labute approximate surface area is 70.3 Å². The van der Waals surface area contributed by atoms with E-state index in [4.69, 9.17) is 0 Å². The molecule has 2 rings (SSSR count). The molecule has 0 spiro atoms. The van der Waals surface area contributed by atoms with Crippen LogP contribution in [0.3, 0.4) is 0 Å². The SMILES string of the molecule is C1=CC=NNC=C1.c1cocn1. The zero-order valence-electron chi connectivity index (χ0n) is 6.42. The van der Waals surface area contributed by atoms with Crippen LogP contribution in [0.25, 0.3) is 0 Å². The maximum atomic E-state index is 4.47. The fourth-order valence-corrected chi connectivity index (χ4v) is 0.517. The Morgan fingerprint density at radius 2 is 2.17 bits per heavy atom. The highest BCUT2D eigenvalue weighted by Crippen LogP contribution is 1.76. The fourth-order valence-electron chi connectivity index (χ4n) is 0.517. The molecule has 1 aliphatic rings. The summed E-state index contributed by atoms with van der Waals surface area (Å²) in [7, 11) is 0. The van der Waals surface area contributed by atoms with Crippen LogP contribution in [-0.4, -0.2) is 11.2 Å². The topological polar surface area (TPSA) is 50.4 Å². The molecule has 1 aromatic heterocycles. The second-order valence-corrected chi connectivity index (χ2v) is 1.83. The predicted octanol–water partition coefficient (Wildman–Crippen LogP) is 1.32. The Bertz CT molecular complexity index is 231. The van der Waals surface area contributed by atoms with Gasteiger partial charge in [0.2, 0.25) is 0 Å². The summed E-state index contributed by atoms with van der Waals surface area (Å²) in [6.07, 6.45) is 13.6. The summed E-state index contributed by atoms with van der Waals surface area (Å²) >= 11 is 0. The number of hydrogen-bond acceptors (Lipinski definition) is 4. The molecule has 1 aromatic rings. The van der Waals surface area contributed by atoms with Crippen LogP contribution in [0.15, 0.2) is 52.8 Å². The first kappa shape index (κ1) is 8.26. The van der Waals surface area contributed by atoms with Gasteiger partial charge < -0.3 is 4.42 Å². The van der Waals surface area contributed by atoms with E-state index in [1.54, 1.807) is 18.6 Å². The van der Waals surface area contributed by atoms with E-state index in [1.807, 2.05) is 18.2 Å². The maximum absolute atomic E-state index is 4.47. The molecule has 0 saturated carbocycles. The molecule has 0 radical (unpaired) electrons. The number of aromatic nitrogens is 1. The average Bonchev–Trinajstić information content (AvgIpc) is 2.54. The van der Waals surface area contributed by atoms with Crippen molar-refractivity contribution in [2.75, 3.05) is 0 Å². The van der Waals surface area contributed by atoms with Crippen molar-refractivity contribution in [3.8, 4) is 0 Å². The van der Waals surface area contributed by atoms with Gasteiger partial charge in [0.05, 0.1) is 6.20 Å². The summed E-state index contributed by atoms with van der Waals surface area (Å²) in [5.41, 5.74) is 2.67. The standard InChI is InChI=1S/C5H6N2.C3H3NO/c1-2-4-6-7-5-3-1;1-2-5-3-4-1/h1-6H;1-3H. The lowest BCUT2D eigenvalue weighted by molar-refractivity contribution is 0.558. The van der Waals surface area contributed by atoms with E-state index in [-0.39, 0.29) is 0 Å². The molecule has 4 nitrogen and oxygen atoms in total. The quantitative estimate of drug-likeness (QED) is 0.627. The second kappa shape index (κ2) is 5.91. The third kappa shape index (κ3) is 4.05. The van der Waals surface area contributed by atoms with Crippen molar-refractivity contribution in [2.24, 2.45) is 5.10 Å². The van der Waals surface area contributed by atoms with Gasteiger partial charge >= 0.3 is 0 Å². The van der Waals surface area contributed by atoms with E-state index < -0.39 is 0 Å². The van der Waals surface area contributed by atoms with Gasteiger partial charge in [-0.25, -0.2) is 4.98 Å². The van der Waals surface area contributed by atoms with Crippen molar-refractivity contribution in [1.82, 2.24) is 10.4 Å². The smallest absolute Gasteiger partial charge is 0.180 e. The van der Waals surface area contributed by atoms with Crippen molar-refractivity contribution in [3.63, 3.8) is 0 Å². The number of allylic oxidation sites excluding steroid dienone is 3. The zero-order chi connectivity index (χ0) is 8.49. The normalized spacial score (nSPS) is 12.7. The molecule has 0 fully saturated rings. The minimum atomic E-state index is 1.38. The lowest BCUT2D eigenvalue weighted by Gasteiger charge is -1.78. The number of hydrazone groups is 1. The molecular weight excluding hydrogens is 154 g/mol. The summed E-state index contributed by atoms with van der Waals surface area (Å²) in [4.78, 5) is 3.56. The van der Waals surface area contributed by atoms with Crippen molar-refractivity contribution < 1.29 is 4.42 Å². The van der Waals surface area contributed by atoms with Crippen LogP contribution in [0.4, 0.5) is 0 Å². The third-order valence-electron chi connectivity index (χ3n) is 0.975. The van der Waals surface area contributed by atoms with Gasteiger partial charge in [-0.2, -0.15) is 5.10 Å². The number of nitrogens with zero attached hydrogens (tertiary/aromatic N) is 2. The molecule has 0 amide bonds. The van der Waals surface area contributed by atoms with E-state index in [0.717, 1.165) is 0 Å². The van der Waals surface area contributed by atoms with Gasteiger partial charge in [-0.3, -0.25) is 5.43 Å². The zero-order valence-corrected chi connectivity index (χ0v) is 6.42. The lowest BCUT2D eigenvalue weighted by Crippen LogP contribution is -1.89. The van der Waals surface area contributed by atoms with Gasteiger partial charge in [0, 0.05) is 12.4 Å². The average molecular weight is 163 g/mol. The van der Waals surface area contributed by atoms with Crippen LogP contribution < -0.4 is 5.43 Å². The van der Waals surface area contributed by atoms with Crippen LogP contribution in [0, 0.1) is 0 Å². The van der Waals surface area contributed by atoms with Crippen LogP contribution >= 0.6 is 0 Å². The summed E-state index contributed by atoms with van der Waals surface area (Å²) in [5.74, 6) is 0. The third-order valence-corrected chi connectivity index (χ3v) is 0.975. The number of oxazole rings is 1. The Hall–Kier alpha value is -1.84. The van der Waals surface area contributed by atoms with E-state index in [2.05, 4.69) is 19.9 Å². The molecule has 0 unspecified atom stereocenters. The van der Waals surface area contributed by atoms with Crippen LogP contribution in [0.2, 0.25) is 0 Å². The molecule has 12 heavy (non-hydrogen) atoms. The van der Waals surface area contributed by atoms with Crippen molar-refractivity contribution >= 4 is 6.21 Å². The molecule has 0 aromatic carbocycles. The number of rotatable bonds is 0. The van der Waals surface area contributed by atoms with Crippen molar-refractivity contribution in [3.05, 3.63) is 43.3 Å². The molecule has 0 bridgehead atoms. The fraction of sp³-hybridized carbons (Fsp3) is 0. The van der Waals surface area contributed by atoms with E-state index in [1.165, 1.54) is 12.7 Å². The highest BCUT2D eigenvalue weighted by Gasteiger charge is 1.68. The van der Waals surface area contributed by atoms with E-state index in [0.29, 0.717) is 0 Å². The molecule has 2 heterocycles. The molecule has 0 aliphatic carbocycles. The van der Waals surface area contributed by atoms with Gasteiger partial charge in [-0.15, -0.1) is 0 Å². The second-order valence-electron chi connectivity index (χ2n) is 1.83. The van der Waals surface area contributed by atoms with Gasteiger partial charge in [-0.1, -0.05) is 6.08 Å². The Morgan fingerprint density at radius 1 is 1.17 bits per heavy atom. The van der Waals surface area contributed by atoms with Gasteiger partial charge in [0.25, 0.3) is 0 Å². The Balaban J connectivity index is 0.000000127. The first-order valence-corrected chi connectivity index (χ1v) is 3.42. The highest BCUT2D eigenvalue weighted by molar-refractivity contribution is 5.71. The summed E-state index contributed by atoms with van der Waals surface area (Å²) in [5, 5.41) is 3.72. The molecule has 1 aliphatic heterocycles. The summed E-state index contributed by atoms with van der Waals surface area (Å²) in [6.45, 7) is 0. The van der Waals surface area contributed by atoms with Crippen molar-refractivity contribution in [1.29, 1.82) is 0 Å². The summed E-state index contributed by atoms with van der Waals surface area (Å²) in [6, 6.07) is 0. The molecule has 0 atom stereocenters. The molecule has 0 saturated heterocycles. The lowest BCUT2D eigenvalue weighted by atomic mass is 10.5. The molecule has 62 valence electrons. The van der Waals surface area contributed by atoms with E-state index >= 15 is 0 Å². The van der Waals surface area contributed by atoms with Gasteiger partial charge in [-0.05, 0) is 12.2 Å². The predicted molar refractivity (Wildman–Crippen MR) is 46.4 cm³/mol. The maximum Gasteiger partial charge on any atom is 0.180 e. The van der Waals surface area contributed by atoms with Gasteiger partial charge in [0.1, 0.15) is 6.26 Å². The minimum absolute atomic E-state index is 1.38. The van der Waals surface area contributed by atoms with Crippen LogP contribution in [-0.2, 0) is 0 Å². The molecular formula is C8H9N3O. The monoisotopic (exact) mass is 163 g/mol. The molecule has 1 N–H and O–H groups in total. The van der Waals surface area contributed by atoms with Crippen molar-refractivity contribution in [2.45, 2.75) is 0 Å². The molecule has 4 heteroatoms. The van der Waals surface area contributed by atoms with Gasteiger partial charge in [0.15, 0.2) is 6.39 Å².